The molecule has 2 aliphatic heterocycles. The number of hydrogen-bond donors (Lipinski definition) is 3. The zero-order chi connectivity index (χ0) is 24.3. The van der Waals surface area contributed by atoms with E-state index in [-0.39, 0.29) is 58.4 Å². The van der Waals surface area contributed by atoms with Gasteiger partial charge in [0.1, 0.15) is 29.1 Å². The van der Waals surface area contributed by atoms with E-state index in [1.807, 2.05) is 0 Å². The zero-order valence-electron chi connectivity index (χ0n) is 18.4. The number of fused-ring (bicyclic) bond motifs is 1. The molecule has 0 unspecified atom stereocenters. The fraction of sp³-hybridized carbons (Fsp3) is 0.333. The number of carbonyl (C=O) groups is 3. The molecule has 3 heterocycles. The van der Waals surface area contributed by atoms with Crippen LogP contribution in [0.5, 0.6) is 0 Å². The van der Waals surface area contributed by atoms with Crippen LogP contribution in [0.4, 0.5) is 9.93 Å². The van der Waals surface area contributed by atoms with Gasteiger partial charge in [-0.05, 0) is 11.6 Å². The number of anilines is 1. The molecule has 3 rings (SSSR count). The third-order valence-electron chi connectivity index (χ3n) is 4.48. The minimum absolute atomic E-state index is 0. The van der Waals surface area contributed by atoms with Gasteiger partial charge in [0, 0.05) is 31.1 Å². The number of amides is 2. The van der Waals surface area contributed by atoms with Crippen LogP contribution in [0.1, 0.15) is 5.69 Å². The Morgan fingerprint density at radius 2 is 2.18 bits per heavy atom. The average Bonchev–Trinajstić information content (AvgIpc) is 3.20. The van der Waals surface area contributed by atoms with E-state index in [4.69, 9.17) is 10.5 Å². The predicted molar refractivity (Wildman–Crippen MR) is 118 cm³/mol. The number of aliphatic imine (C=N–C) groups is 1. The Hall–Kier alpha value is -2.59. The number of hydrogen-bond acceptors (Lipinski definition) is 12. The number of ether oxygens (including phenoxy) is 1. The van der Waals surface area contributed by atoms with Crippen molar-refractivity contribution in [3.05, 3.63) is 34.5 Å². The van der Waals surface area contributed by atoms with E-state index in [0.717, 1.165) is 16.2 Å². The number of thiazole rings is 1. The van der Waals surface area contributed by atoms with E-state index in [9.17, 15) is 29.8 Å². The summed E-state index contributed by atoms with van der Waals surface area (Å²) in [5.41, 5.74) is 5.17. The molecule has 1 aromatic heterocycles. The summed E-state index contributed by atoms with van der Waals surface area (Å²) < 4.78 is 4.95. The standard InChI is InChI=1S/C18H20N6O7S2.Na/c1-23(2)18(29)31-5-3-4-8-6-32-15-11(14(26)24(15)12(8)16(27)28)21-13(25)10(22-30)9-7-33-17(19)20-9;/h3-4,7,11,15,30H,5-6H2,1-2H3,(H2,19,20)(H,21,25)(H,27,28);/q;+1/p-1/b4-3-,22-10+;/t11-,15-;/m1./s1. The molecule has 2 atom stereocenters. The van der Waals surface area contributed by atoms with Gasteiger partial charge in [-0.3, -0.25) is 14.7 Å². The second-order valence-electron chi connectivity index (χ2n) is 6.86. The second-order valence-corrected chi connectivity index (χ2v) is 8.86. The van der Waals surface area contributed by atoms with Crippen LogP contribution in [-0.2, 0) is 14.3 Å². The van der Waals surface area contributed by atoms with Crippen LogP contribution < -0.4 is 40.4 Å². The summed E-state index contributed by atoms with van der Waals surface area (Å²) in [7, 11) is 3.05. The van der Waals surface area contributed by atoms with Gasteiger partial charge in [-0.15, -0.1) is 23.1 Å². The Morgan fingerprint density at radius 3 is 2.74 bits per heavy atom. The minimum Gasteiger partial charge on any atom is -0.857 e. The molecule has 34 heavy (non-hydrogen) atoms. The molecule has 0 saturated carbocycles. The first-order chi connectivity index (χ1) is 15.6. The van der Waals surface area contributed by atoms with Gasteiger partial charge in [0.05, 0.1) is 0 Å². The van der Waals surface area contributed by atoms with Crippen molar-refractivity contribution in [1.82, 2.24) is 14.8 Å². The summed E-state index contributed by atoms with van der Waals surface area (Å²) >= 11 is 2.25. The Balaban J connectivity index is 0.00000408. The van der Waals surface area contributed by atoms with Gasteiger partial charge in [0.25, 0.3) is 5.91 Å². The van der Waals surface area contributed by atoms with Crippen molar-refractivity contribution < 1.29 is 64.1 Å². The Labute approximate surface area is 223 Å². The smallest absolute Gasteiger partial charge is 0.857 e. The van der Waals surface area contributed by atoms with Crippen LogP contribution in [0.2, 0.25) is 0 Å². The molecule has 1 aromatic rings. The number of nitrogens with two attached hydrogens (primary N) is 1. The van der Waals surface area contributed by atoms with Gasteiger partial charge >= 0.3 is 41.6 Å². The van der Waals surface area contributed by atoms with Crippen molar-refractivity contribution in [3.8, 4) is 0 Å². The number of nitrogen functional groups attached to an aromatic ring is 1. The van der Waals surface area contributed by atoms with E-state index in [0.29, 0.717) is 5.57 Å². The summed E-state index contributed by atoms with van der Waals surface area (Å²) in [6.45, 7) is -0.0771. The van der Waals surface area contributed by atoms with Crippen molar-refractivity contribution >= 4 is 57.8 Å². The zero-order valence-corrected chi connectivity index (χ0v) is 22.0. The van der Waals surface area contributed by atoms with E-state index in [2.05, 4.69) is 15.1 Å². The molecule has 4 N–H and O–H groups in total. The third kappa shape index (κ3) is 5.72. The monoisotopic (exact) mass is 518 g/mol. The second kappa shape index (κ2) is 11.7. The van der Waals surface area contributed by atoms with Crippen molar-refractivity contribution in [1.29, 1.82) is 0 Å². The van der Waals surface area contributed by atoms with Gasteiger partial charge in [0.15, 0.2) is 11.2 Å². The summed E-state index contributed by atoms with van der Waals surface area (Å²) in [5.74, 6) is -2.76. The molecule has 0 bridgehead atoms. The van der Waals surface area contributed by atoms with Crippen molar-refractivity contribution in [3.63, 3.8) is 0 Å². The molecule has 1 saturated heterocycles. The number of rotatable bonds is 7. The van der Waals surface area contributed by atoms with Crippen molar-refractivity contribution in [2.24, 2.45) is 10.1 Å². The normalized spacial score (nSPS) is 20.5. The number of carboxylic acid groups (broad SMARTS) is 1. The largest absolute Gasteiger partial charge is 1.00 e. The SMILES string of the molecule is CN(C)C(=O)OC/C=C\C1=C(C(=O)O)N2C(=O)[C@@H](N=C([O-])/C(=N/O)c3csc(N)n3)[C@H]2SC1.[Na+]. The van der Waals surface area contributed by atoms with Crippen LogP contribution >= 0.6 is 23.1 Å². The maximum absolute atomic E-state index is 12.7. The molecule has 0 aliphatic carbocycles. The minimum atomic E-state index is -1.32. The van der Waals surface area contributed by atoms with Crippen LogP contribution in [0.3, 0.4) is 0 Å². The Morgan fingerprint density at radius 1 is 1.47 bits per heavy atom. The van der Waals surface area contributed by atoms with E-state index in [1.54, 1.807) is 0 Å². The van der Waals surface area contributed by atoms with Crippen molar-refractivity contribution in [2.75, 3.05) is 32.2 Å². The molecule has 1 fully saturated rings. The first-order valence-electron chi connectivity index (χ1n) is 9.26. The van der Waals surface area contributed by atoms with Gasteiger partial charge in [-0.2, -0.15) is 0 Å². The number of carboxylic acids is 1. The molecule has 13 nitrogen and oxygen atoms in total. The van der Waals surface area contributed by atoms with Crippen LogP contribution in [0, 0.1) is 0 Å². The quantitative estimate of drug-likeness (QED) is 0.0816. The summed E-state index contributed by atoms with van der Waals surface area (Å²) in [6, 6.07) is -1.14. The first kappa shape index (κ1) is 27.7. The summed E-state index contributed by atoms with van der Waals surface area (Å²) in [4.78, 5) is 45.9. The Bertz CT molecular complexity index is 1100. The number of nitrogens with zero attached hydrogens (tertiary/aromatic N) is 5. The van der Waals surface area contributed by atoms with Crippen molar-refractivity contribution in [2.45, 2.75) is 11.4 Å². The molecule has 2 aliphatic rings. The van der Waals surface area contributed by atoms with Crippen LogP contribution in [-0.4, -0.2) is 92.5 Å². The maximum atomic E-state index is 12.7. The number of oxime groups is 1. The van der Waals surface area contributed by atoms with Crippen LogP contribution in [0.25, 0.3) is 0 Å². The number of β-lactam (4-membered cyclic amide) rings is 1. The fourth-order valence-electron chi connectivity index (χ4n) is 2.96. The number of carbonyl (C=O) groups excluding carboxylic acids is 2. The summed E-state index contributed by atoms with van der Waals surface area (Å²) in [5, 5.41) is 35.1. The molecular formula is C18H19N6NaO7S2. The van der Waals surface area contributed by atoms with Gasteiger partial charge < -0.3 is 30.8 Å². The van der Waals surface area contributed by atoms with E-state index >= 15 is 0 Å². The van der Waals surface area contributed by atoms with E-state index in [1.165, 1.54) is 48.3 Å². The molecule has 176 valence electrons. The number of allylic oxidation sites excluding steroid dienone is 1. The van der Waals surface area contributed by atoms with Gasteiger partial charge in [-0.1, -0.05) is 11.2 Å². The van der Waals surface area contributed by atoms with Gasteiger partial charge in [-0.25, -0.2) is 14.6 Å². The average molecular weight is 519 g/mol. The molecule has 2 amide bonds. The molecule has 0 radical (unpaired) electrons. The fourth-order valence-corrected chi connectivity index (χ4v) is 4.81. The number of aliphatic carboxylic acids is 1. The number of aromatic nitrogens is 1. The third-order valence-corrected chi connectivity index (χ3v) is 6.44. The molecule has 0 spiro atoms. The van der Waals surface area contributed by atoms with E-state index < -0.39 is 41.0 Å². The molecule has 0 aromatic carbocycles. The Kier molecular flexibility index (Phi) is 9.52. The number of thioether (sulfide) groups is 1. The molecular weight excluding hydrogens is 499 g/mol. The van der Waals surface area contributed by atoms with Crippen LogP contribution in [0.15, 0.2) is 39.0 Å². The topological polar surface area (TPSA) is 194 Å². The predicted octanol–water partition coefficient (Wildman–Crippen LogP) is -3.46. The molecule has 16 heteroatoms. The first-order valence-corrected chi connectivity index (χ1v) is 11.2. The van der Waals surface area contributed by atoms with Gasteiger partial charge in [0.2, 0.25) is 0 Å². The summed E-state index contributed by atoms with van der Waals surface area (Å²) in [6.07, 6.45) is 2.39. The maximum Gasteiger partial charge on any atom is 1.00 e.